The van der Waals surface area contributed by atoms with Crippen molar-refractivity contribution in [3.63, 3.8) is 0 Å². The lowest BCUT2D eigenvalue weighted by atomic mass is 10.0. The molecule has 0 radical (unpaired) electrons. The van der Waals surface area contributed by atoms with Crippen molar-refractivity contribution in [2.75, 3.05) is 6.61 Å². The number of carbonyl (C=O) groups is 1. The maximum Gasteiger partial charge on any atom is 0.193 e. The van der Waals surface area contributed by atoms with E-state index in [0.29, 0.717) is 17.7 Å². The number of rotatable bonds is 4. The van der Waals surface area contributed by atoms with Crippen LogP contribution in [0.15, 0.2) is 53.0 Å². The summed E-state index contributed by atoms with van der Waals surface area (Å²) in [7, 11) is 0. The summed E-state index contributed by atoms with van der Waals surface area (Å²) in [4.78, 5) is 12.2. The van der Waals surface area contributed by atoms with Crippen LogP contribution in [-0.4, -0.2) is 12.4 Å². The van der Waals surface area contributed by atoms with E-state index in [-0.39, 0.29) is 5.78 Å². The Morgan fingerprint density at radius 1 is 1.11 bits per heavy atom. The quantitative estimate of drug-likeness (QED) is 0.796. The summed E-state index contributed by atoms with van der Waals surface area (Å²) in [5, 5.41) is 0. The molecule has 0 saturated carbocycles. The molecule has 92 valence electrons. The molecule has 2 rings (SSSR count). The maximum atomic E-state index is 12.2. The van der Waals surface area contributed by atoms with Crippen LogP contribution in [0.5, 0.6) is 5.75 Å². The zero-order valence-electron chi connectivity index (χ0n) is 10.0. The lowest BCUT2D eigenvalue weighted by Gasteiger charge is -2.07. The highest BCUT2D eigenvalue weighted by Crippen LogP contribution is 2.26. The second-order valence-electron chi connectivity index (χ2n) is 3.77. The predicted octanol–water partition coefficient (Wildman–Crippen LogP) is 4.08. The predicted molar refractivity (Wildman–Crippen MR) is 75.2 cm³/mol. The standard InChI is InChI=1S/C15H13BrO2/c1-2-18-14-9-8-12(10-13(14)16)15(17)11-6-4-3-5-7-11/h3-10H,2H2,1H3. The summed E-state index contributed by atoms with van der Waals surface area (Å²) in [6, 6.07) is 14.6. The van der Waals surface area contributed by atoms with Crippen LogP contribution in [0.1, 0.15) is 22.8 Å². The first-order valence-electron chi connectivity index (χ1n) is 5.74. The number of hydrogen-bond acceptors (Lipinski definition) is 2. The molecule has 0 saturated heterocycles. The normalized spacial score (nSPS) is 10.1. The van der Waals surface area contributed by atoms with E-state index >= 15 is 0 Å². The first-order chi connectivity index (χ1) is 8.72. The summed E-state index contributed by atoms with van der Waals surface area (Å²) in [5.74, 6) is 0.765. The van der Waals surface area contributed by atoms with Crippen LogP contribution >= 0.6 is 15.9 Å². The third kappa shape index (κ3) is 2.79. The van der Waals surface area contributed by atoms with Crippen LogP contribution < -0.4 is 4.74 Å². The highest BCUT2D eigenvalue weighted by atomic mass is 79.9. The molecular weight excluding hydrogens is 292 g/mol. The molecule has 0 aliphatic heterocycles. The summed E-state index contributed by atoms with van der Waals surface area (Å²) in [6.45, 7) is 2.53. The lowest BCUT2D eigenvalue weighted by molar-refractivity contribution is 0.103. The SMILES string of the molecule is CCOc1ccc(C(=O)c2ccccc2)cc1Br. The van der Waals surface area contributed by atoms with Gasteiger partial charge >= 0.3 is 0 Å². The van der Waals surface area contributed by atoms with Crippen molar-refractivity contribution in [1.82, 2.24) is 0 Å². The molecule has 0 aromatic heterocycles. The molecule has 0 bridgehead atoms. The van der Waals surface area contributed by atoms with E-state index in [0.717, 1.165) is 10.2 Å². The number of ether oxygens (including phenoxy) is 1. The van der Waals surface area contributed by atoms with Gasteiger partial charge in [0.05, 0.1) is 11.1 Å². The highest BCUT2D eigenvalue weighted by molar-refractivity contribution is 9.10. The molecule has 2 aromatic rings. The maximum absolute atomic E-state index is 12.2. The first-order valence-corrected chi connectivity index (χ1v) is 6.53. The topological polar surface area (TPSA) is 26.3 Å². The summed E-state index contributed by atoms with van der Waals surface area (Å²) in [5.41, 5.74) is 1.34. The Kier molecular flexibility index (Phi) is 4.15. The fraction of sp³-hybridized carbons (Fsp3) is 0.133. The molecule has 0 unspecified atom stereocenters. The molecule has 3 heteroatoms. The van der Waals surface area contributed by atoms with Crippen molar-refractivity contribution in [2.24, 2.45) is 0 Å². The molecule has 0 amide bonds. The number of benzene rings is 2. The van der Waals surface area contributed by atoms with Crippen LogP contribution in [0.4, 0.5) is 0 Å². The van der Waals surface area contributed by atoms with Gasteiger partial charge in [-0.1, -0.05) is 30.3 Å². The Morgan fingerprint density at radius 3 is 2.44 bits per heavy atom. The minimum absolute atomic E-state index is 0.0133. The molecule has 0 N–H and O–H groups in total. The molecule has 18 heavy (non-hydrogen) atoms. The van der Waals surface area contributed by atoms with E-state index in [4.69, 9.17) is 4.74 Å². The third-order valence-electron chi connectivity index (χ3n) is 2.53. The second kappa shape index (κ2) is 5.83. The van der Waals surface area contributed by atoms with Crippen LogP contribution in [0.3, 0.4) is 0 Å². The smallest absolute Gasteiger partial charge is 0.193 e. The summed E-state index contributed by atoms with van der Waals surface area (Å²) in [6.07, 6.45) is 0. The average Bonchev–Trinajstić information content (AvgIpc) is 2.41. The highest BCUT2D eigenvalue weighted by Gasteiger charge is 2.10. The molecule has 0 aliphatic rings. The van der Waals surface area contributed by atoms with E-state index in [2.05, 4.69) is 15.9 Å². The van der Waals surface area contributed by atoms with Gasteiger partial charge in [-0.05, 0) is 41.1 Å². The van der Waals surface area contributed by atoms with E-state index in [1.54, 1.807) is 12.1 Å². The van der Waals surface area contributed by atoms with Gasteiger partial charge in [0.1, 0.15) is 5.75 Å². The van der Waals surface area contributed by atoms with Crippen molar-refractivity contribution in [2.45, 2.75) is 6.92 Å². The Morgan fingerprint density at radius 2 is 1.83 bits per heavy atom. The molecule has 0 heterocycles. The molecule has 2 nitrogen and oxygen atoms in total. The average molecular weight is 305 g/mol. The van der Waals surface area contributed by atoms with Crippen LogP contribution in [0.2, 0.25) is 0 Å². The van der Waals surface area contributed by atoms with Crippen molar-refractivity contribution < 1.29 is 9.53 Å². The van der Waals surface area contributed by atoms with Gasteiger partial charge in [0, 0.05) is 11.1 Å². The monoisotopic (exact) mass is 304 g/mol. The number of carbonyl (C=O) groups excluding carboxylic acids is 1. The van der Waals surface area contributed by atoms with Crippen LogP contribution in [0.25, 0.3) is 0 Å². The largest absolute Gasteiger partial charge is 0.493 e. The van der Waals surface area contributed by atoms with E-state index in [1.165, 1.54) is 0 Å². The van der Waals surface area contributed by atoms with Gasteiger partial charge in [-0.2, -0.15) is 0 Å². The summed E-state index contributed by atoms with van der Waals surface area (Å²) >= 11 is 3.41. The Bertz CT molecular complexity index is 550. The van der Waals surface area contributed by atoms with E-state index in [1.807, 2.05) is 43.3 Å². The van der Waals surface area contributed by atoms with Crippen LogP contribution in [-0.2, 0) is 0 Å². The first kappa shape index (κ1) is 12.8. The van der Waals surface area contributed by atoms with Gasteiger partial charge in [-0.25, -0.2) is 0 Å². The minimum atomic E-state index is 0.0133. The van der Waals surface area contributed by atoms with Crippen LogP contribution in [0, 0.1) is 0 Å². The minimum Gasteiger partial charge on any atom is -0.493 e. The third-order valence-corrected chi connectivity index (χ3v) is 3.15. The van der Waals surface area contributed by atoms with Gasteiger partial charge in [0.25, 0.3) is 0 Å². The van der Waals surface area contributed by atoms with Crippen molar-refractivity contribution >= 4 is 21.7 Å². The Balaban J connectivity index is 2.30. The zero-order chi connectivity index (χ0) is 13.0. The second-order valence-corrected chi connectivity index (χ2v) is 4.63. The van der Waals surface area contributed by atoms with Gasteiger partial charge in [-0.3, -0.25) is 4.79 Å². The molecular formula is C15H13BrO2. The number of ketones is 1. The van der Waals surface area contributed by atoms with Gasteiger partial charge in [0.2, 0.25) is 0 Å². The van der Waals surface area contributed by atoms with Crippen molar-refractivity contribution in [3.05, 3.63) is 64.1 Å². The fourth-order valence-corrected chi connectivity index (χ4v) is 2.16. The van der Waals surface area contributed by atoms with Gasteiger partial charge < -0.3 is 4.74 Å². The van der Waals surface area contributed by atoms with E-state index in [9.17, 15) is 4.79 Å². The van der Waals surface area contributed by atoms with Crippen molar-refractivity contribution in [3.8, 4) is 5.75 Å². The molecule has 0 aliphatic carbocycles. The summed E-state index contributed by atoms with van der Waals surface area (Å²) < 4.78 is 6.22. The van der Waals surface area contributed by atoms with Gasteiger partial charge in [-0.15, -0.1) is 0 Å². The zero-order valence-corrected chi connectivity index (χ0v) is 11.6. The van der Waals surface area contributed by atoms with Gasteiger partial charge in [0.15, 0.2) is 5.78 Å². The Hall–Kier alpha value is -1.61. The Labute approximate surface area is 115 Å². The molecule has 2 aromatic carbocycles. The number of halogens is 1. The van der Waals surface area contributed by atoms with Crippen molar-refractivity contribution in [1.29, 1.82) is 0 Å². The molecule has 0 spiro atoms. The number of hydrogen-bond donors (Lipinski definition) is 0. The molecule has 0 atom stereocenters. The van der Waals surface area contributed by atoms with E-state index < -0.39 is 0 Å². The molecule has 0 fully saturated rings. The lowest BCUT2D eigenvalue weighted by Crippen LogP contribution is -2.01. The fourth-order valence-electron chi connectivity index (χ4n) is 1.67.